The molecule has 0 saturated heterocycles. The van der Waals surface area contributed by atoms with Crippen molar-refractivity contribution in [2.24, 2.45) is 0 Å². The average molecular weight is 287 g/mol. The van der Waals surface area contributed by atoms with E-state index in [4.69, 9.17) is 4.42 Å². The number of carbonyl (C=O) groups is 1. The molecule has 1 aromatic heterocycles. The summed E-state index contributed by atoms with van der Waals surface area (Å²) < 4.78 is 23.4. The van der Waals surface area contributed by atoms with Crippen LogP contribution in [0.3, 0.4) is 0 Å². The molecule has 0 aliphatic rings. The lowest BCUT2D eigenvalue weighted by Gasteiger charge is -2.01. The number of halogens is 2. The van der Waals surface area contributed by atoms with E-state index in [1.807, 2.05) is 0 Å². The van der Waals surface area contributed by atoms with Gasteiger partial charge in [-0.3, -0.25) is 0 Å². The summed E-state index contributed by atoms with van der Waals surface area (Å²) >= 11 is 3.23. The minimum atomic E-state index is -0.737. The molecule has 2 aromatic rings. The molecule has 1 aromatic carbocycles. The van der Waals surface area contributed by atoms with Crippen molar-refractivity contribution in [2.45, 2.75) is 5.33 Å². The van der Waals surface area contributed by atoms with Crippen molar-refractivity contribution in [1.29, 1.82) is 0 Å². The fourth-order valence-corrected chi connectivity index (χ4v) is 1.77. The van der Waals surface area contributed by atoms with Crippen LogP contribution in [0.1, 0.15) is 16.1 Å². The van der Waals surface area contributed by atoms with Crippen LogP contribution < -0.4 is 0 Å². The van der Waals surface area contributed by atoms with Crippen molar-refractivity contribution in [3.05, 3.63) is 35.3 Å². The number of esters is 1. The first kappa shape index (κ1) is 11.1. The first-order valence-electron chi connectivity index (χ1n) is 4.52. The van der Waals surface area contributed by atoms with Gasteiger partial charge in [-0.05, 0) is 18.2 Å². The Morgan fingerprint density at radius 2 is 2.31 bits per heavy atom. The molecule has 0 bridgehead atoms. The highest BCUT2D eigenvalue weighted by molar-refractivity contribution is 9.08. The summed E-state index contributed by atoms with van der Waals surface area (Å²) in [7, 11) is 1.20. The Hall–Kier alpha value is -1.36. The molecule has 3 nitrogen and oxygen atoms in total. The molecule has 0 unspecified atom stereocenters. The zero-order chi connectivity index (χ0) is 11.7. The first-order valence-corrected chi connectivity index (χ1v) is 5.64. The molecule has 0 amide bonds. The van der Waals surface area contributed by atoms with E-state index in [0.29, 0.717) is 16.5 Å². The summed E-state index contributed by atoms with van der Waals surface area (Å²) in [5.74, 6) is -0.751. The highest BCUT2D eigenvalue weighted by Gasteiger charge is 2.19. The molecule has 0 aliphatic heterocycles. The van der Waals surface area contributed by atoms with Crippen molar-refractivity contribution in [3.63, 3.8) is 0 Å². The molecular formula is C11H8BrFO3. The Bertz CT molecular complexity index is 547. The molecule has 0 atom stereocenters. The van der Waals surface area contributed by atoms with Gasteiger partial charge in [0.1, 0.15) is 17.1 Å². The van der Waals surface area contributed by atoms with E-state index in [-0.39, 0.29) is 11.1 Å². The van der Waals surface area contributed by atoms with E-state index in [2.05, 4.69) is 20.7 Å². The van der Waals surface area contributed by atoms with Crippen LogP contribution in [0.5, 0.6) is 0 Å². The lowest BCUT2D eigenvalue weighted by molar-refractivity contribution is 0.0596. The van der Waals surface area contributed by atoms with Crippen molar-refractivity contribution in [3.8, 4) is 0 Å². The van der Waals surface area contributed by atoms with Gasteiger partial charge in [0, 0.05) is 5.39 Å². The number of benzene rings is 1. The van der Waals surface area contributed by atoms with Crippen molar-refractivity contribution in [2.75, 3.05) is 7.11 Å². The molecule has 0 aliphatic carbocycles. The maximum absolute atomic E-state index is 13.5. The normalized spacial score (nSPS) is 10.7. The highest BCUT2D eigenvalue weighted by Crippen LogP contribution is 2.26. The monoisotopic (exact) mass is 286 g/mol. The van der Waals surface area contributed by atoms with E-state index >= 15 is 0 Å². The number of rotatable bonds is 2. The van der Waals surface area contributed by atoms with Gasteiger partial charge >= 0.3 is 5.97 Å². The topological polar surface area (TPSA) is 39.4 Å². The number of fused-ring (bicyclic) bond motifs is 1. The Morgan fingerprint density at radius 3 is 2.94 bits per heavy atom. The second-order valence-electron chi connectivity index (χ2n) is 3.18. The van der Waals surface area contributed by atoms with Gasteiger partial charge < -0.3 is 9.15 Å². The Morgan fingerprint density at radius 1 is 1.56 bits per heavy atom. The Labute approximate surface area is 99.3 Å². The van der Waals surface area contributed by atoms with Gasteiger partial charge in [0.15, 0.2) is 5.58 Å². The Balaban J connectivity index is 2.73. The summed E-state index contributed by atoms with van der Waals surface area (Å²) in [6, 6.07) is 4.53. The quantitative estimate of drug-likeness (QED) is 0.628. The van der Waals surface area contributed by atoms with E-state index in [1.54, 1.807) is 12.1 Å². The number of furan rings is 1. The number of alkyl halides is 1. The molecule has 0 radical (unpaired) electrons. The number of hydrogen-bond acceptors (Lipinski definition) is 3. The molecule has 1 heterocycles. The fraction of sp³-hybridized carbons (Fsp3) is 0.182. The lowest BCUT2D eigenvalue weighted by atomic mass is 10.1. The summed E-state index contributed by atoms with van der Waals surface area (Å²) in [6.07, 6.45) is 0. The SMILES string of the molecule is COC(=O)c1c(F)ccc2cc(CBr)oc12. The maximum Gasteiger partial charge on any atom is 0.344 e. The lowest BCUT2D eigenvalue weighted by Crippen LogP contribution is -2.04. The first-order chi connectivity index (χ1) is 7.67. The molecule has 0 spiro atoms. The van der Waals surface area contributed by atoms with Gasteiger partial charge in [-0.25, -0.2) is 9.18 Å². The van der Waals surface area contributed by atoms with Crippen LogP contribution in [-0.4, -0.2) is 13.1 Å². The zero-order valence-corrected chi connectivity index (χ0v) is 10.0. The van der Waals surface area contributed by atoms with E-state index in [0.717, 1.165) is 0 Å². The van der Waals surface area contributed by atoms with Crippen LogP contribution in [0.25, 0.3) is 11.0 Å². The summed E-state index contributed by atoms with van der Waals surface area (Å²) in [5.41, 5.74) is 0.0634. The third kappa shape index (κ3) is 1.71. The van der Waals surface area contributed by atoms with E-state index < -0.39 is 11.8 Å². The van der Waals surface area contributed by atoms with Crippen LogP contribution in [0.15, 0.2) is 22.6 Å². The van der Waals surface area contributed by atoms with Crippen LogP contribution in [-0.2, 0) is 10.1 Å². The standard InChI is InChI=1S/C11H8BrFO3/c1-15-11(14)9-8(13)3-2-6-4-7(5-12)16-10(6)9/h2-4H,5H2,1H3. The molecule has 0 fully saturated rings. The Kier molecular flexibility index (Phi) is 2.96. The van der Waals surface area contributed by atoms with Crippen LogP contribution in [0.4, 0.5) is 4.39 Å². The second kappa shape index (κ2) is 4.25. The number of methoxy groups -OCH3 is 1. The van der Waals surface area contributed by atoms with Gasteiger partial charge in [-0.1, -0.05) is 15.9 Å². The van der Waals surface area contributed by atoms with Gasteiger partial charge in [0.25, 0.3) is 0 Å². The van der Waals surface area contributed by atoms with Crippen LogP contribution in [0, 0.1) is 5.82 Å². The van der Waals surface area contributed by atoms with Gasteiger partial charge in [-0.15, -0.1) is 0 Å². The minimum Gasteiger partial charge on any atom is -0.465 e. The summed E-state index contributed by atoms with van der Waals surface area (Å²) in [6.45, 7) is 0. The van der Waals surface area contributed by atoms with Crippen LogP contribution in [0.2, 0.25) is 0 Å². The average Bonchev–Trinajstić information content (AvgIpc) is 2.71. The molecule has 5 heteroatoms. The smallest absolute Gasteiger partial charge is 0.344 e. The second-order valence-corrected chi connectivity index (χ2v) is 3.74. The van der Waals surface area contributed by atoms with Crippen LogP contribution >= 0.6 is 15.9 Å². The third-order valence-corrected chi connectivity index (χ3v) is 2.76. The number of carbonyl (C=O) groups excluding carboxylic acids is 1. The minimum absolute atomic E-state index is 0.160. The molecule has 2 rings (SSSR count). The molecular weight excluding hydrogens is 279 g/mol. The predicted octanol–water partition coefficient (Wildman–Crippen LogP) is 3.25. The van der Waals surface area contributed by atoms with Crippen molar-refractivity contribution < 1.29 is 18.3 Å². The van der Waals surface area contributed by atoms with Gasteiger partial charge in [0.05, 0.1) is 12.4 Å². The van der Waals surface area contributed by atoms with Gasteiger partial charge in [0.2, 0.25) is 0 Å². The molecule has 16 heavy (non-hydrogen) atoms. The molecule has 0 saturated carbocycles. The number of ether oxygens (including phenoxy) is 1. The van der Waals surface area contributed by atoms with Gasteiger partial charge in [-0.2, -0.15) is 0 Å². The largest absolute Gasteiger partial charge is 0.465 e. The maximum atomic E-state index is 13.5. The fourth-order valence-electron chi connectivity index (χ4n) is 1.49. The zero-order valence-electron chi connectivity index (χ0n) is 8.42. The molecule has 0 N–H and O–H groups in total. The van der Waals surface area contributed by atoms with Crippen molar-refractivity contribution in [1.82, 2.24) is 0 Å². The van der Waals surface area contributed by atoms with E-state index in [1.165, 1.54) is 13.2 Å². The molecule has 84 valence electrons. The number of hydrogen-bond donors (Lipinski definition) is 0. The van der Waals surface area contributed by atoms with Crippen molar-refractivity contribution >= 4 is 32.9 Å². The predicted molar refractivity (Wildman–Crippen MR) is 60.1 cm³/mol. The summed E-state index contributed by atoms with van der Waals surface area (Å²) in [4.78, 5) is 11.4. The summed E-state index contributed by atoms with van der Waals surface area (Å²) in [5, 5.41) is 1.18. The van der Waals surface area contributed by atoms with E-state index in [9.17, 15) is 9.18 Å². The third-order valence-electron chi connectivity index (χ3n) is 2.21. The highest BCUT2D eigenvalue weighted by atomic mass is 79.9.